The highest BCUT2D eigenvalue weighted by Crippen LogP contribution is 2.07. The largest absolute Gasteiger partial charge is 0.377 e. The maximum atomic E-state index is 5.75. The van der Waals surface area contributed by atoms with Crippen LogP contribution in [0.25, 0.3) is 0 Å². The van der Waals surface area contributed by atoms with Crippen molar-refractivity contribution in [3.05, 3.63) is 0 Å². The molecule has 0 saturated carbocycles. The minimum Gasteiger partial charge on any atom is -0.377 e. The molecule has 1 rings (SSSR count). The molecule has 14 heavy (non-hydrogen) atoms. The van der Waals surface area contributed by atoms with Gasteiger partial charge < -0.3 is 10.1 Å². The Kier molecular flexibility index (Phi) is 7.06. The molecule has 0 aromatic heterocycles. The summed E-state index contributed by atoms with van der Waals surface area (Å²) in [5.41, 5.74) is 0. The summed E-state index contributed by atoms with van der Waals surface area (Å²) < 4.78 is 5.75. The highest BCUT2D eigenvalue weighted by Gasteiger charge is 2.13. The zero-order chi connectivity index (χ0) is 10.1. The highest BCUT2D eigenvalue weighted by molar-refractivity contribution is 4.70. The van der Waals surface area contributed by atoms with Crippen molar-refractivity contribution in [2.24, 2.45) is 0 Å². The summed E-state index contributed by atoms with van der Waals surface area (Å²) in [5, 5.41) is 3.32. The van der Waals surface area contributed by atoms with Gasteiger partial charge in [0.1, 0.15) is 0 Å². The Balaban J connectivity index is 1.75. The van der Waals surface area contributed by atoms with Gasteiger partial charge in [0.25, 0.3) is 0 Å². The first-order valence-corrected chi connectivity index (χ1v) is 6.26. The molecule has 0 bridgehead atoms. The molecule has 1 atom stereocenters. The Bertz CT molecular complexity index is 121. The number of ether oxygens (including phenoxy) is 1. The summed E-state index contributed by atoms with van der Waals surface area (Å²) >= 11 is 0. The quantitative estimate of drug-likeness (QED) is 0.607. The average Bonchev–Trinajstić information content (AvgIpc) is 2.69. The van der Waals surface area contributed by atoms with Crippen LogP contribution in [0.3, 0.4) is 0 Å². The van der Waals surface area contributed by atoms with Gasteiger partial charge in [0.05, 0.1) is 6.10 Å². The number of nitrogens with one attached hydrogen (secondary N) is 1. The van der Waals surface area contributed by atoms with Crippen molar-refractivity contribution < 1.29 is 4.74 Å². The Hall–Kier alpha value is -0.0800. The van der Waals surface area contributed by atoms with Crippen LogP contribution in [0.1, 0.15) is 51.9 Å². The zero-order valence-corrected chi connectivity index (χ0v) is 9.56. The molecule has 0 radical (unpaired) electrons. The SMILES string of the molecule is CCCCCCCCO[C@H]1CCNC1. The molecule has 0 spiro atoms. The van der Waals surface area contributed by atoms with Gasteiger partial charge in [0, 0.05) is 13.2 Å². The summed E-state index contributed by atoms with van der Waals surface area (Å²) in [5.74, 6) is 0. The van der Waals surface area contributed by atoms with Gasteiger partial charge in [-0.05, 0) is 19.4 Å². The van der Waals surface area contributed by atoms with Crippen LogP contribution < -0.4 is 5.32 Å². The normalized spacial score (nSPS) is 21.6. The number of rotatable bonds is 8. The van der Waals surface area contributed by atoms with Crippen LogP contribution in [0.4, 0.5) is 0 Å². The topological polar surface area (TPSA) is 21.3 Å². The Labute approximate surface area is 88.4 Å². The molecule has 0 amide bonds. The van der Waals surface area contributed by atoms with E-state index in [4.69, 9.17) is 4.74 Å². The Morgan fingerprint density at radius 2 is 1.93 bits per heavy atom. The van der Waals surface area contributed by atoms with Crippen LogP contribution in [-0.4, -0.2) is 25.8 Å². The van der Waals surface area contributed by atoms with E-state index in [0.29, 0.717) is 6.10 Å². The molecule has 1 aliphatic rings. The van der Waals surface area contributed by atoms with Gasteiger partial charge in [-0.1, -0.05) is 39.0 Å². The van der Waals surface area contributed by atoms with Crippen molar-refractivity contribution in [2.45, 2.75) is 58.0 Å². The van der Waals surface area contributed by atoms with E-state index in [0.717, 1.165) is 19.7 Å². The van der Waals surface area contributed by atoms with E-state index in [1.54, 1.807) is 0 Å². The molecule has 1 N–H and O–H groups in total. The lowest BCUT2D eigenvalue weighted by molar-refractivity contribution is 0.0641. The molecule has 0 unspecified atom stereocenters. The van der Waals surface area contributed by atoms with Gasteiger partial charge in [-0.15, -0.1) is 0 Å². The van der Waals surface area contributed by atoms with Gasteiger partial charge in [-0.25, -0.2) is 0 Å². The minimum absolute atomic E-state index is 0.505. The van der Waals surface area contributed by atoms with Crippen molar-refractivity contribution in [3.63, 3.8) is 0 Å². The fourth-order valence-corrected chi connectivity index (χ4v) is 1.90. The number of hydrogen-bond acceptors (Lipinski definition) is 2. The molecule has 1 aliphatic heterocycles. The van der Waals surface area contributed by atoms with Crippen LogP contribution in [0.2, 0.25) is 0 Å². The molecular formula is C12H25NO. The molecular weight excluding hydrogens is 174 g/mol. The molecule has 2 nitrogen and oxygen atoms in total. The van der Waals surface area contributed by atoms with Crippen molar-refractivity contribution in [1.82, 2.24) is 5.32 Å². The number of hydrogen-bond donors (Lipinski definition) is 1. The van der Waals surface area contributed by atoms with E-state index in [-0.39, 0.29) is 0 Å². The lowest BCUT2D eigenvalue weighted by Gasteiger charge is -2.09. The zero-order valence-electron chi connectivity index (χ0n) is 9.56. The molecule has 2 heteroatoms. The Morgan fingerprint density at radius 3 is 2.64 bits per heavy atom. The maximum absolute atomic E-state index is 5.75. The third-order valence-electron chi connectivity index (χ3n) is 2.87. The third-order valence-corrected chi connectivity index (χ3v) is 2.87. The van der Waals surface area contributed by atoms with Crippen LogP contribution in [0.15, 0.2) is 0 Å². The van der Waals surface area contributed by atoms with Crippen molar-refractivity contribution in [2.75, 3.05) is 19.7 Å². The van der Waals surface area contributed by atoms with Gasteiger partial charge in [0.15, 0.2) is 0 Å². The summed E-state index contributed by atoms with van der Waals surface area (Å²) in [6.07, 6.45) is 9.83. The molecule has 0 aromatic rings. The van der Waals surface area contributed by atoms with Crippen molar-refractivity contribution >= 4 is 0 Å². The fraction of sp³-hybridized carbons (Fsp3) is 1.00. The fourth-order valence-electron chi connectivity index (χ4n) is 1.90. The maximum Gasteiger partial charge on any atom is 0.0711 e. The van der Waals surface area contributed by atoms with Gasteiger partial charge in [-0.2, -0.15) is 0 Å². The molecule has 1 fully saturated rings. The second kappa shape index (κ2) is 8.25. The molecule has 0 aliphatic carbocycles. The average molecular weight is 199 g/mol. The predicted octanol–water partition coefficient (Wildman–Crippen LogP) is 2.73. The standard InChI is InChI=1S/C12H25NO/c1-2-3-4-5-6-7-10-14-12-8-9-13-11-12/h12-13H,2-11H2,1H3/t12-/m0/s1. The third kappa shape index (κ3) is 5.61. The predicted molar refractivity (Wildman–Crippen MR) is 60.6 cm³/mol. The van der Waals surface area contributed by atoms with Crippen LogP contribution >= 0.6 is 0 Å². The highest BCUT2D eigenvalue weighted by atomic mass is 16.5. The summed E-state index contributed by atoms with van der Waals surface area (Å²) in [7, 11) is 0. The van der Waals surface area contributed by atoms with Gasteiger partial charge in [0.2, 0.25) is 0 Å². The molecule has 0 aromatic carbocycles. The van der Waals surface area contributed by atoms with E-state index in [2.05, 4.69) is 12.2 Å². The smallest absolute Gasteiger partial charge is 0.0711 e. The minimum atomic E-state index is 0.505. The molecule has 1 heterocycles. The van der Waals surface area contributed by atoms with E-state index < -0.39 is 0 Å². The lowest BCUT2D eigenvalue weighted by Crippen LogP contribution is -2.17. The van der Waals surface area contributed by atoms with E-state index in [1.165, 1.54) is 44.9 Å². The van der Waals surface area contributed by atoms with Crippen molar-refractivity contribution in [1.29, 1.82) is 0 Å². The molecule has 1 saturated heterocycles. The van der Waals surface area contributed by atoms with E-state index >= 15 is 0 Å². The summed E-state index contributed by atoms with van der Waals surface area (Å²) in [6, 6.07) is 0. The lowest BCUT2D eigenvalue weighted by atomic mass is 10.1. The van der Waals surface area contributed by atoms with Crippen LogP contribution in [0, 0.1) is 0 Å². The van der Waals surface area contributed by atoms with Gasteiger partial charge >= 0.3 is 0 Å². The van der Waals surface area contributed by atoms with Crippen LogP contribution in [0.5, 0.6) is 0 Å². The monoisotopic (exact) mass is 199 g/mol. The van der Waals surface area contributed by atoms with Crippen molar-refractivity contribution in [3.8, 4) is 0 Å². The first kappa shape index (κ1) is 12.0. The Morgan fingerprint density at radius 1 is 1.14 bits per heavy atom. The summed E-state index contributed by atoms with van der Waals surface area (Å²) in [4.78, 5) is 0. The van der Waals surface area contributed by atoms with Gasteiger partial charge in [-0.3, -0.25) is 0 Å². The second-order valence-corrected chi connectivity index (χ2v) is 4.25. The summed E-state index contributed by atoms with van der Waals surface area (Å²) in [6.45, 7) is 5.44. The molecule has 84 valence electrons. The first-order chi connectivity index (χ1) is 6.93. The first-order valence-electron chi connectivity index (χ1n) is 6.26. The van der Waals surface area contributed by atoms with E-state index in [9.17, 15) is 0 Å². The number of unbranched alkanes of at least 4 members (excludes halogenated alkanes) is 5. The van der Waals surface area contributed by atoms with E-state index in [1.807, 2.05) is 0 Å². The van der Waals surface area contributed by atoms with Crippen LogP contribution in [-0.2, 0) is 4.74 Å². The second-order valence-electron chi connectivity index (χ2n) is 4.25.